The molecule has 0 unspecified atom stereocenters. The number of likely N-dealkylation sites (N-methyl/N-ethyl adjacent to an activating group) is 1. The zero-order valence-corrected chi connectivity index (χ0v) is 16.7. The van der Waals surface area contributed by atoms with E-state index in [1.54, 1.807) is 4.90 Å². The fourth-order valence-corrected chi connectivity index (χ4v) is 4.84. The number of rotatable bonds is 6. The van der Waals surface area contributed by atoms with Crippen molar-refractivity contribution in [3.05, 3.63) is 60.4 Å². The van der Waals surface area contributed by atoms with E-state index >= 15 is 0 Å². The van der Waals surface area contributed by atoms with Gasteiger partial charge < -0.3 is 9.80 Å². The number of carbonyl (C=O) groups is 1. The summed E-state index contributed by atoms with van der Waals surface area (Å²) in [5.41, 5.74) is 0.868. The van der Waals surface area contributed by atoms with E-state index in [-0.39, 0.29) is 10.8 Å². The quantitative estimate of drug-likeness (QED) is 0.771. The second-order valence-corrected chi connectivity index (χ2v) is 8.70. The van der Waals surface area contributed by atoms with E-state index in [0.29, 0.717) is 39.3 Å². The van der Waals surface area contributed by atoms with E-state index in [1.807, 2.05) is 37.3 Å². The van der Waals surface area contributed by atoms with Gasteiger partial charge in [-0.3, -0.25) is 4.79 Å². The van der Waals surface area contributed by atoms with Crippen LogP contribution < -0.4 is 9.80 Å². The highest BCUT2D eigenvalue weighted by Crippen LogP contribution is 2.16. The molecule has 0 atom stereocenters. The first-order valence-electron chi connectivity index (χ1n) is 9.36. The van der Waals surface area contributed by atoms with Gasteiger partial charge in [0.05, 0.1) is 31.1 Å². The number of halogens is 1. The average molecular weight is 407 g/mol. The predicted octanol–water partition coefficient (Wildman–Crippen LogP) is 0.768. The van der Waals surface area contributed by atoms with Gasteiger partial charge in [-0.25, -0.2) is 12.8 Å². The third-order valence-electron chi connectivity index (χ3n) is 4.97. The van der Waals surface area contributed by atoms with Crippen molar-refractivity contribution in [1.82, 2.24) is 4.31 Å². The number of carbonyl (C=O) groups excluding carboxylic acids is 1. The minimum Gasteiger partial charge on any atom is -0.325 e. The highest BCUT2D eigenvalue weighted by atomic mass is 32.2. The minimum absolute atomic E-state index is 0.0264. The first-order valence-corrected chi connectivity index (χ1v) is 10.8. The Balaban J connectivity index is 1.59. The molecule has 2 aromatic carbocycles. The summed E-state index contributed by atoms with van der Waals surface area (Å²) in [5, 5.41) is 0. The van der Waals surface area contributed by atoms with Crippen molar-refractivity contribution in [2.45, 2.75) is 11.8 Å². The maximum absolute atomic E-state index is 13.1. The molecule has 1 aliphatic heterocycles. The SMILES string of the molecule is CCN(C(=O)C[NH+]1CCN(S(=O)(=O)c2ccc(F)cc2)CC1)c1ccccc1. The molecule has 0 aromatic heterocycles. The molecule has 0 bridgehead atoms. The fourth-order valence-electron chi connectivity index (χ4n) is 3.40. The molecule has 1 fully saturated rings. The molecule has 2 aromatic rings. The van der Waals surface area contributed by atoms with Gasteiger partial charge in [-0.05, 0) is 43.3 Å². The van der Waals surface area contributed by atoms with Crippen LogP contribution in [0.2, 0.25) is 0 Å². The lowest BCUT2D eigenvalue weighted by molar-refractivity contribution is -0.895. The maximum atomic E-state index is 13.1. The Kier molecular flexibility index (Phi) is 6.43. The lowest BCUT2D eigenvalue weighted by Crippen LogP contribution is -3.15. The van der Waals surface area contributed by atoms with Crippen molar-refractivity contribution in [2.75, 3.05) is 44.2 Å². The Hall–Kier alpha value is -2.29. The average Bonchev–Trinajstić information content (AvgIpc) is 2.70. The molecule has 1 N–H and O–H groups in total. The normalized spacial score (nSPS) is 16.1. The number of quaternary nitrogens is 1. The minimum atomic E-state index is -3.64. The number of nitrogens with one attached hydrogen (secondary N) is 1. The maximum Gasteiger partial charge on any atom is 0.282 e. The molecule has 6 nitrogen and oxygen atoms in total. The summed E-state index contributed by atoms with van der Waals surface area (Å²) < 4.78 is 39.8. The highest BCUT2D eigenvalue weighted by molar-refractivity contribution is 7.89. The molecule has 0 spiro atoms. The Morgan fingerprint density at radius 3 is 2.25 bits per heavy atom. The first-order chi connectivity index (χ1) is 13.4. The third-order valence-corrected chi connectivity index (χ3v) is 6.88. The molecule has 150 valence electrons. The van der Waals surface area contributed by atoms with Crippen molar-refractivity contribution in [2.24, 2.45) is 0 Å². The summed E-state index contributed by atoms with van der Waals surface area (Å²) in [6.45, 7) is 4.62. The number of anilines is 1. The number of amides is 1. The molecule has 1 heterocycles. The van der Waals surface area contributed by atoms with E-state index < -0.39 is 15.8 Å². The second-order valence-electron chi connectivity index (χ2n) is 6.76. The van der Waals surface area contributed by atoms with E-state index in [2.05, 4.69) is 0 Å². The molecular weight excluding hydrogens is 381 g/mol. The third kappa shape index (κ3) is 4.57. The number of sulfonamides is 1. The van der Waals surface area contributed by atoms with Crippen molar-refractivity contribution in [3.8, 4) is 0 Å². The van der Waals surface area contributed by atoms with Crippen LogP contribution in [0, 0.1) is 5.82 Å². The van der Waals surface area contributed by atoms with Gasteiger partial charge in [0, 0.05) is 12.2 Å². The Bertz CT molecular complexity index is 896. The van der Waals surface area contributed by atoms with Gasteiger partial charge in [0.15, 0.2) is 6.54 Å². The molecule has 28 heavy (non-hydrogen) atoms. The van der Waals surface area contributed by atoms with Crippen LogP contribution in [0.15, 0.2) is 59.5 Å². The summed E-state index contributed by atoms with van der Waals surface area (Å²) in [6, 6.07) is 14.4. The standard InChI is InChI=1S/C20H24FN3O3S/c1-2-24(18-6-4-3-5-7-18)20(25)16-22-12-14-23(15-13-22)28(26,27)19-10-8-17(21)9-11-19/h3-11H,2,12-16H2,1H3/p+1. The number of hydrogen-bond acceptors (Lipinski definition) is 3. The van der Waals surface area contributed by atoms with Crippen LogP contribution in [0.1, 0.15) is 6.92 Å². The van der Waals surface area contributed by atoms with Crippen molar-refractivity contribution in [3.63, 3.8) is 0 Å². The van der Waals surface area contributed by atoms with Crippen LogP contribution in [-0.4, -0.2) is 57.9 Å². The molecular formula is C20H25FN3O3S+. The van der Waals surface area contributed by atoms with Crippen LogP contribution in [0.5, 0.6) is 0 Å². The Morgan fingerprint density at radius 1 is 1.07 bits per heavy atom. The van der Waals surface area contributed by atoms with Crippen LogP contribution in [0.4, 0.5) is 10.1 Å². The Labute approximate surface area is 165 Å². The van der Waals surface area contributed by atoms with Gasteiger partial charge >= 0.3 is 0 Å². The molecule has 3 rings (SSSR count). The monoisotopic (exact) mass is 406 g/mol. The van der Waals surface area contributed by atoms with Crippen molar-refractivity contribution in [1.29, 1.82) is 0 Å². The molecule has 1 saturated heterocycles. The summed E-state index contributed by atoms with van der Waals surface area (Å²) in [5.74, 6) is -0.441. The van der Waals surface area contributed by atoms with Gasteiger partial charge in [-0.1, -0.05) is 18.2 Å². The highest BCUT2D eigenvalue weighted by Gasteiger charge is 2.31. The molecule has 0 saturated carbocycles. The van der Waals surface area contributed by atoms with Gasteiger partial charge in [0.1, 0.15) is 5.82 Å². The van der Waals surface area contributed by atoms with Gasteiger partial charge in [0.25, 0.3) is 5.91 Å². The number of benzene rings is 2. The van der Waals surface area contributed by atoms with Crippen LogP contribution in [0.3, 0.4) is 0 Å². The van der Waals surface area contributed by atoms with Crippen molar-refractivity contribution >= 4 is 21.6 Å². The molecule has 0 aliphatic carbocycles. The molecule has 1 aliphatic rings. The zero-order chi connectivity index (χ0) is 20.1. The van der Waals surface area contributed by atoms with Gasteiger partial charge in [-0.15, -0.1) is 0 Å². The number of hydrogen-bond donors (Lipinski definition) is 1. The van der Waals surface area contributed by atoms with Crippen LogP contribution in [0.25, 0.3) is 0 Å². The van der Waals surface area contributed by atoms with Crippen molar-refractivity contribution < 1.29 is 22.5 Å². The van der Waals surface area contributed by atoms with Crippen LogP contribution >= 0.6 is 0 Å². The summed E-state index contributed by atoms with van der Waals surface area (Å²) in [6.07, 6.45) is 0. The lowest BCUT2D eigenvalue weighted by atomic mass is 10.2. The number of para-hydroxylation sites is 1. The van der Waals surface area contributed by atoms with E-state index in [0.717, 1.165) is 22.7 Å². The molecule has 1 amide bonds. The zero-order valence-electron chi connectivity index (χ0n) is 15.8. The smallest absolute Gasteiger partial charge is 0.282 e. The van der Waals surface area contributed by atoms with E-state index in [1.165, 1.54) is 16.4 Å². The lowest BCUT2D eigenvalue weighted by Gasteiger charge is -2.32. The Morgan fingerprint density at radius 2 is 1.68 bits per heavy atom. The summed E-state index contributed by atoms with van der Waals surface area (Å²) in [7, 11) is -3.64. The first kappa shape index (κ1) is 20.4. The van der Waals surface area contributed by atoms with Gasteiger partial charge in [0.2, 0.25) is 10.0 Å². The largest absolute Gasteiger partial charge is 0.325 e. The van der Waals surface area contributed by atoms with Crippen LogP contribution in [-0.2, 0) is 14.8 Å². The second kappa shape index (κ2) is 8.81. The number of nitrogens with zero attached hydrogens (tertiary/aromatic N) is 2. The number of piperazine rings is 1. The van der Waals surface area contributed by atoms with Gasteiger partial charge in [-0.2, -0.15) is 4.31 Å². The fraction of sp³-hybridized carbons (Fsp3) is 0.350. The predicted molar refractivity (Wildman–Crippen MR) is 105 cm³/mol. The molecule has 0 radical (unpaired) electrons. The van der Waals surface area contributed by atoms with E-state index in [4.69, 9.17) is 0 Å². The molecule has 8 heteroatoms. The summed E-state index contributed by atoms with van der Waals surface area (Å²) >= 11 is 0. The topological polar surface area (TPSA) is 62.1 Å². The summed E-state index contributed by atoms with van der Waals surface area (Å²) in [4.78, 5) is 15.6. The van der Waals surface area contributed by atoms with E-state index in [9.17, 15) is 17.6 Å².